The molecule has 1 atom stereocenters. The molecule has 0 spiro atoms. The Balaban J connectivity index is 1.66. The summed E-state index contributed by atoms with van der Waals surface area (Å²) in [5, 5.41) is 10.3. The van der Waals surface area contributed by atoms with Gasteiger partial charge in [-0.2, -0.15) is 0 Å². The second-order valence-corrected chi connectivity index (χ2v) is 5.05. The highest BCUT2D eigenvalue weighted by molar-refractivity contribution is 5.29. The molecule has 1 N–H and O–H groups in total. The van der Waals surface area contributed by atoms with Crippen LogP contribution in [0.1, 0.15) is 22.8 Å². The van der Waals surface area contributed by atoms with Crippen LogP contribution in [0, 0.1) is 0 Å². The largest absolute Gasteiger partial charge is 0.387 e. The predicted molar refractivity (Wildman–Crippen MR) is 74.6 cm³/mol. The quantitative estimate of drug-likeness (QED) is 0.912. The third-order valence-corrected chi connectivity index (χ3v) is 3.73. The average Bonchev–Trinajstić information content (AvgIpc) is 2.48. The zero-order valence-corrected chi connectivity index (χ0v) is 10.9. The Morgan fingerprint density at radius 1 is 1.11 bits per heavy atom. The highest BCUT2D eigenvalue weighted by atomic mass is 16.3. The zero-order chi connectivity index (χ0) is 13.1. The Kier molecular flexibility index (Phi) is 3.58. The molecule has 0 amide bonds. The molecule has 0 fully saturated rings. The SMILES string of the molecule is OC(CN1CCc2ccccc2C1)c1ccncc1. The van der Waals surface area contributed by atoms with E-state index in [-0.39, 0.29) is 0 Å². The number of aromatic nitrogens is 1. The summed E-state index contributed by atoms with van der Waals surface area (Å²) >= 11 is 0. The van der Waals surface area contributed by atoms with E-state index < -0.39 is 6.10 Å². The number of rotatable bonds is 3. The molecule has 0 bridgehead atoms. The molecule has 0 aliphatic carbocycles. The van der Waals surface area contributed by atoms with Gasteiger partial charge in [-0.05, 0) is 35.2 Å². The highest BCUT2D eigenvalue weighted by Gasteiger charge is 2.18. The Morgan fingerprint density at radius 2 is 1.84 bits per heavy atom. The van der Waals surface area contributed by atoms with Crippen LogP contribution in [-0.4, -0.2) is 28.1 Å². The topological polar surface area (TPSA) is 36.4 Å². The van der Waals surface area contributed by atoms with Crippen LogP contribution in [0.15, 0.2) is 48.8 Å². The number of β-amino-alcohol motifs (C(OH)–C–C–N with tert-alkyl or cyclic N) is 1. The number of nitrogens with zero attached hydrogens (tertiary/aromatic N) is 2. The molecule has 3 heteroatoms. The molecule has 1 aliphatic rings. The Hall–Kier alpha value is -1.71. The molecule has 0 radical (unpaired) electrons. The molecule has 2 aromatic rings. The number of pyridine rings is 1. The van der Waals surface area contributed by atoms with Crippen LogP contribution >= 0.6 is 0 Å². The molecule has 3 nitrogen and oxygen atoms in total. The number of aliphatic hydroxyl groups is 1. The van der Waals surface area contributed by atoms with Crippen molar-refractivity contribution in [1.29, 1.82) is 0 Å². The van der Waals surface area contributed by atoms with Gasteiger partial charge in [0.05, 0.1) is 6.10 Å². The lowest BCUT2D eigenvalue weighted by Crippen LogP contribution is -2.33. The summed E-state index contributed by atoms with van der Waals surface area (Å²) in [5.41, 5.74) is 3.77. The number of aliphatic hydroxyl groups excluding tert-OH is 1. The van der Waals surface area contributed by atoms with Gasteiger partial charge in [-0.15, -0.1) is 0 Å². The molecule has 2 heterocycles. The lowest BCUT2D eigenvalue weighted by atomic mass is 9.99. The van der Waals surface area contributed by atoms with E-state index in [0.717, 1.165) is 25.1 Å². The first-order chi connectivity index (χ1) is 9.33. The van der Waals surface area contributed by atoms with E-state index in [9.17, 15) is 5.11 Å². The lowest BCUT2D eigenvalue weighted by molar-refractivity contribution is 0.106. The number of fused-ring (bicyclic) bond motifs is 1. The summed E-state index contributed by atoms with van der Waals surface area (Å²) in [5.74, 6) is 0. The smallest absolute Gasteiger partial charge is 0.0918 e. The molecule has 0 saturated carbocycles. The minimum Gasteiger partial charge on any atom is -0.387 e. The molecule has 19 heavy (non-hydrogen) atoms. The van der Waals surface area contributed by atoms with Crippen molar-refractivity contribution in [2.24, 2.45) is 0 Å². The Bertz CT molecular complexity index is 541. The number of hydrogen-bond donors (Lipinski definition) is 1. The lowest BCUT2D eigenvalue weighted by Gasteiger charge is -2.30. The monoisotopic (exact) mass is 254 g/mol. The van der Waals surface area contributed by atoms with Crippen molar-refractivity contribution in [2.45, 2.75) is 19.1 Å². The van der Waals surface area contributed by atoms with Gasteiger partial charge < -0.3 is 5.11 Å². The van der Waals surface area contributed by atoms with Crippen LogP contribution in [0.3, 0.4) is 0 Å². The summed E-state index contributed by atoms with van der Waals surface area (Å²) in [6, 6.07) is 12.3. The molecule has 3 rings (SSSR count). The van der Waals surface area contributed by atoms with E-state index in [2.05, 4.69) is 34.1 Å². The zero-order valence-electron chi connectivity index (χ0n) is 10.9. The second kappa shape index (κ2) is 5.51. The number of hydrogen-bond acceptors (Lipinski definition) is 3. The van der Waals surface area contributed by atoms with E-state index >= 15 is 0 Å². The van der Waals surface area contributed by atoms with E-state index in [1.165, 1.54) is 11.1 Å². The third kappa shape index (κ3) is 2.83. The van der Waals surface area contributed by atoms with Gasteiger partial charge in [-0.25, -0.2) is 0 Å². The van der Waals surface area contributed by atoms with Crippen LogP contribution < -0.4 is 0 Å². The van der Waals surface area contributed by atoms with Crippen molar-refractivity contribution in [3.05, 3.63) is 65.5 Å². The van der Waals surface area contributed by atoms with E-state index in [4.69, 9.17) is 0 Å². The van der Waals surface area contributed by atoms with Gasteiger partial charge in [0.1, 0.15) is 0 Å². The van der Waals surface area contributed by atoms with Gasteiger partial charge in [0.2, 0.25) is 0 Å². The summed E-state index contributed by atoms with van der Waals surface area (Å²) in [4.78, 5) is 6.29. The maximum atomic E-state index is 10.3. The maximum absolute atomic E-state index is 10.3. The fraction of sp³-hybridized carbons (Fsp3) is 0.312. The molecule has 1 aliphatic heterocycles. The van der Waals surface area contributed by atoms with Gasteiger partial charge in [0.25, 0.3) is 0 Å². The van der Waals surface area contributed by atoms with Crippen LogP contribution in [0.4, 0.5) is 0 Å². The van der Waals surface area contributed by atoms with Gasteiger partial charge in [0.15, 0.2) is 0 Å². The van der Waals surface area contributed by atoms with Gasteiger partial charge >= 0.3 is 0 Å². The minimum absolute atomic E-state index is 0.437. The van der Waals surface area contributed by atoms with Crippen molar-refractivity contribution in [3.8, 4) is 0 Å². The Labute approximate surface area is 113 Å². The van der Waals surface area contributed by atoms with Crippen molar-refractivity contribution < 1.29 is 5.11 Å². The predicted octanol–water partition coefficient (Wildman–Crippen LogP) is 2.17. The number of benzene rings is 1. The van der Waals surface area contributed by atoms with Gasteiger partial charge in [-0.1, -0.05) is 24.3 Å². The maximum Gasteiger partial charge on any atom is 0.0918 e. The van der Waals surface area contributed by atoms with Crippen molar-refractivity contribution in [2.75, 3.05) is 13.1 Å². The van der Waals surface area contributed by atoms with Crippen LogP contribution in [0.25, 0.3) is 0 Å². The normalized spacial score (nSPS) is 16.9. The van der Waals surface area contributed by atoms with Crippen molar-refractivity contribution in [1.82, 2.24) is 9.88 Å². The van der Waals surface area contributed by atoms with Gasteiger partial charge in [-0.3, -0.25) is 9.88 Å². The van der Waals surface area contributed by atoms with Crippen LogP contribution in [0.5, 0.6) is 0 Å². The molecular formula is C16H18N2O. The first-order valence-corrected chi connectivity index (χ1v) is 6.70. The first-order valence-electron chi connectivity index (χ1n) is 6.70. The summed E-state index contributed by atoms with van der Waals surface area (Å²) in [6.45, 7) is 2.62. The van der Waals surface area contributed by atoms with Crippen LogP contribution in [-0.2, 0) is 13.0 Å². The van der Waals surface area contributed by atoms with Gasteiger partial charge in [0, 0.05) is 32.0 Å². The molecule has 1 unspecified atom stereocenters. The van der Waals surface area contributed by atoms with E-state index in [0.29, 0.717) is 6.54 Å². The first kappa shape index (κ1) is 12.3. The molecular weight excluding hydrogens is 236 g/mol. The summed E-state index contributed by atoms with van der Waals surface area (Å²) in [6.07, 6.45) is 4.08. The van der Waals surface area contributed by atoms with Crippen molar-refractivity contribution in [3.63, 3.8) is 0 Å². The fourth-order valence-corrected chi connectivity index (χ4v) is 2.65. The summed E-state index contributed by atoms with van der Waals surface area (Å²) in [7, 11) is 0. The standard InChI is InChI=1S/C16H18N2O/c19-16(14-5-8-17-9-6-14)12-18-10-7-13-3-1-2-4-15(13)11-18/h1-6,8-9,16,19H,7,10-12H2. The molecule has 1 aromatic heterocycles. The Morgan fingerprint density at radius 3 is 2.63 bits per heavy atom. The molecule has 0 saturated heterocycles. The molecule has 1 aromatic carbocycles. The van der Waals surface area contributed by atoms with E-state index in [1.807, 2.05) is 12.1 Å². The fourth-order valence-electron chi connectivity index (χ4n) is 2.65. The van der Waals surface area contributed by atoms with E-state index in [1.54, 1.807) is 12.4 Å². The van der Waals surface area contributed by atoms with Crippen molar-refractivity contribution >= 4 is 0 Å². The second-order valence-electron chi connectivity index (χ2n) is 5.05. The summed E-state index contributed by atoms with van der Waals surface area (Å²) < 4.78 is 0. The van der Waals surface area contributed by atoms with Crippen LogP contribution in [0.2, 0.25) is 0 Å². The average molecular weight is 254 g/mol. The minimum atomic E-state index is -0.437. The molecule has 98 valence electrons. The third-order valence-electron chi connectivity index (χ3n) is 3.73. The highest BCUT2D eigenvalue weighted by Crippen LogP contribution is 2.21.